The first kappa shape index (κ1) is 12.0. The molecular formula is C11H25N. The van der Waals surface area contributed by atoms with Gasteiger partial charge in [0.05, 0.1) is 0 Å². The van der Waals surface area contributed by atoms with Gasteiger partial charge in [-0.05, 0) is 25.8 Å². The van der Waals surface area contributed by atoms with E-state index in [4.69, 9.17) is 0 Å². The van der Waals surface area contributed by atoms with Crippen molar-refractivity contribution in [2.45, 2.75) is 65.3 Å². The van der Waals surface area contributed by atoms with Crippen LogP contribution in [0.3, 0.4) is 0 Å². The van der Waals surface area contributed by atoms with Crippen molar-refractivity contribution in [2.75, 3.05) is 6.54 Å². The van der Waals surface area contributed by atoms with Crippen molar-refractivity contribution in [1.82, 2.24) is 5.32 Å². The molecule has 0 aromatic rings. The van der Waals surface area contributed by atoms with Crippen LogP contribution in [0, 0.1) is 0 Å². The van der Waals surface area contributed by atoms with Gasteiger partial charge < -0.3 is 5.32 Å². The van der Waals surface area contributed by atoms with Crippen LogP contribution < -0.4 is 5.32 Å². The Hall–Kier alpha value is -0.0400. The number of rotatable bonds is 8. The molecule has 0 bridgehead atoms. The molecule has 0 amide bonds. The molecule has 0 aliphatic rings. The second-order valence-corrected chi connectivity index (χ2v) is 3.58. The summed E-state index contributed by atoms with van der Waals surface area (Å²) < 4.78 is 0. The van der Waals surface area contributed by atoms with Gasteiger partial charge in [0.1, 0.15) is 0 Å². The summed E-state index contributed by atoms with van der Waals surface area (Å²) in [6.07, 6.45) is 7.94. The van der Waals surface area contributed by atoms with Crippen LogP contribution in [0.2, 0.25) is 0 Å². The van der Waals surface area contributed by atoms with Crippen molar-refractivity contribution < 1.29 is 0 Å². The van der Waals surface area contributed by atoms with Gasteiger partial charge in [0, 0.05) is 6.04 Å². The molecule has 0 heterocycles. The Bertz CT molecular complexity index is 75.1. The minimum atomic E-state index is 0.784. The third-order valence-electron chi connectivity index (χ3n) is 2.24. The van der Waals surface area contributed by atoms with E-state index in [1.807, 2.05) is 0 Å². The van der Waals surface area contributed by atoms with Gasteiger partial charge >= 0.3 is 0 Å². The van der Waals surface area contributed by atoms with Gasteiger partial charge in [-0.2, -0.15) is 0 Å². The highest BCUT2D eigenvalue weighted by molar-refractivity contribution is 4.64. The smallest absolute Gasteiger partial charge is 0.00668 e. The van der Waals surface area contributed by atoms with E-state index in [1.165, 1.54) is 45.1 Å². The van der Waals surface area contributed by atoms with Crippen LogP contribution >= 0.6 is 0 Å². The molecule has 0 aliphatic carbocycles. The van der Waals surface area contributed by atoms with Gasteiger partial charge in [0.25, 0.3) is 0 Å². The molecule has 1 N–H and O–H groups in total. The first-order valence-corrected chi connectivity index (χ1v) is 5.58. The molecule has 1 heteroatoms. The van der Waals surface area contributed by atoms with Crippen LogP contribution in [0.4, 0.5) is 0 Å². The summed E-state index contributed by atoms with van der Waals surface area (Å²) in [6.45, 7) is 7.99. The van der Waals surface area contributed by atoms with Crippen molar-refractivity contribution >= 4 is 0 Å². The van der Waals surface area contributed by atoms with Crippen molar-refractivity contribution in [2.24, 2.45) is 0 Å². The summed E-state index contributed by atoms with van der Waals surface area (Å²) in [5, 5.41) is 3.62. The maximum atomic E-state index is 3.62. The molecule has 0 fully saturated rings. The van der Waals surface area contributed by atoms with Crippen molar-refractivity contribution in [3.05, 3.63) is 0 Å². The summed E-state index contributed by atoms with van der Waals surface area (Å²) in [6, 6.07) is 0.784. The van der Waals surface area contributed by atoms with E-state index < -0.39 is 0 Å². The largest absolute Gasteiger partial charge is 0.314 e. The van der Waals surface area contributed by atoms with E-state index in [0.717, 1.165) is 6.04 Å². The fraction of sp³-hybridized carbons (Fsp3) is 1.00. The lowest BCUT2D eigenvalue weighted by Crippen LogP contribution is -2.29. The molecule has 0 atom stereocenters. The fourth-order valence-electron chi connectivity index (χ4n) is 1.53. The Morgan fingerprint density at radius 2 is 1.50 bits per heavy atom. The Labute approximate surface area is 77.9 Å². The van der Waals surface area contributed by atoms with E-state index in [0.29, 0.717) is 0 Å². The van der Waals surface area contributed by atoms with Crippen LogP contribution in [0.1, 0.15) is 59.3 Å². The lowest BCUT2D eigenvalue weighted by Gasteiger charge is -2.16. The fourth-order valence-corrected chi connectivity index (χ4v) is 1.53. The second kappa shape index (κ2) is 9.05. The Kier molecular flexibility index (Phi) is 9.02. The molecule has 12 heavy (non-hydrogen) atoms. The Balaban J connectivity index is 3.34. The maximum Gasteiger partial charge on any atom is 0.00668 e. The molecule has 74 valence electrons. The molecule has 0 aromatic carbocycles. The zero-order chi connectivity index (χ0) is 9.23. The summed E-state index contributed by atoms with van der Waals surface area (Å²) >= 11 is 0. The van der Waals surface area contributed by atoms with Gasteiger partial charge in [-0.25, -0.2) is 0 Å². The minimum Gasteiger partial charge on any atom is -0.314 e. The number of nitrogens with one attached hydrogen (secondary N) is 1. The van der Waals surface area contributed by atoms with Crippen molar-refractivity contribution in [3.8, 4) is 0 Å². The van der Waals surface area contributed by atoms with Gasteiger partial charge in [-0.1, -0.05) is 40.0 Å². The van der Waals surface area contributed by atoms with E-state index in [1.54, 1.807) is 0 Å². The van der Waals surface area contributed by atoms with E-state index in [9.17, 15) is 0 Å². The maximum absolute atomic E-state index is 3.62. The highest BCUT2D eigenvalue weighted by Gasteiger charge is 2.03. The normalized spacial score (nSPS) is 11.0. The molecule has 0 unspecified atom stereocenters. The zero-order valence-electron chi connectivity index (χ0n) is 9.03. The van der Waals surface area contributed by atoms with Gasteiger partial charge in [0.2, 0.25) is 0 Å². The molecule has 1 nitrogen and oxygen atoms in total. The molecule has 0 spiro atoms. The quantitative estimate of drug-likeness (QED) is 0.552. The lowest BCUT2D eigenvalue weighted by molar-refractivity contribution is 0.439. The molecule has 0 saturated carbocycles. The van der Waals surface area contributed by atoms with Crippen LogP contribution in [-0.4, -0.2) is 12.6 Å². The first-order valence-electron chi connectivity index (χ1n) is 5.58. The van der Waals surface area contributed by atoms with Gasteiger partial charge in [0.15, 0.2) is 0 Å². The van der Waals surface area contributed by atoms with Crippen LogP contribution in [0.5, 0.6) is 0 Å². The van der Waals surface area contributed by atoms with Crippen LogP contribution in [-0.2, 0) is 0 Å². The number of hydrogen-bond donors (Lipinski definition) is 1. The SMILES string of the molecule is CCCCNC(CCC)CCC. The zero-order valence-corrected chi connectivity index (χ0v) is 9.03. The minimum absolute atomic E-state index is 0.784. The third kappa shape index (κ3) is 6.66. The van der Waals surface area contributed by atoms with Crippen LogP contribution in [0.25, 0.3) is 0 Å². The lowest BCUT2D eigenvalue weighted by atomic mass is 10.1. The molecule has 0 radical (unpaired) electrons. The molecule has 0 aromatic heterocycles. The first-order chi connectivity index (χ1) is 5.85. The molecular weight excluding hydrogens is 146 g/mol. The second-order valence-electron chi connectivity index (χ2n) is 3.58. The third-order valence-corrected chi connectivity index (χ3v) is 2.24. The monoisotopic (exact) mass is 171 g/mol. The van der Waals surface area contributed by atoms with Gasteiger partial charge in [-0.3, -0.25) is 0 Å². The standard InChI is InChI=1S/C11H25N/c1-4-7-10-12-11(8-5-2)9-6-3/h11-12H,4-10H2,1-3H3. The van der Waals surface area contributed by atoms with Gasteiger partial charge in [-0.15, -0.1) is 0 Å². The average molecular weight is 171 g/mol. The van der Waals surface area contributed by atoms with E-state index >= 15 is 0 Å². The summed E-state index contributed by atoms with van der Waals surface area (Å²) in [4.78, 5) is 0. The predicted octanol–water partition coefficient (Wildman–Crippen LogP) is 3.34. The highest BCUT2D eigenvalue weighted by atomic mass is 14.9. The van der Waals surface area contributed by atoms with E-state index in [-0.39, 0.29) is 0 Å². The van der Waals surface area contributed by atoms with Crippen molar-refractivity contribution in [3.63, 3.8) is 0 Å². The molecule has 0 aliphatic heterocycles. The van der Waals surface area contributed by atoms with Crippen molar-refractivity contribution in [1.29, 1.82) is 0 Å². The summed E-state index contributed by atoms with van der Waals surface area (Å²) in [7, 11) is 0. The Morgan fingerprint density at radius 1 is 0.917 bits per heavy atom. The van der Waals surface area contributed by atoms with E-state index in [2.05, 4.69) is 26.1 Å². The number of unbranched alkanes of at least 4 members (excludes halogenated alkanes) is 1. The summed E-state index contributed by atoms with van der Waals surface area (Å²) in [5.74, 6) is 0. The van der Waals surface area contributed by atoms with Crippen LogP contribution in [0.15, 0.2) is 0 Å². The average Bonchev–Trinajstić information content (AvgIpc) is 2.06. The highest BCUT2D eigenvalue weighted by Crippen LogP contribution is 2.04. The molecule has 0 saturated heterocycles. The Morgan fingerprint density at radius 3 is 1.92 bits per heavy atom. The number of hydrogen-bond acceptors (Lipinski definition) is 1. The predicted molar refractivity (Wildman–Crippen MR) is 56.5 cm³/mol. The molecule has 0 rings (SSSR count). The summed E-state index contributed by atoms with van der Waals surface area (Å²) in [5.41, 5.74) is 0. The topological polar surface area (TPSA) is 12.0 Å².